The van der Waals surface area contributed by atoms with Crippen LogP contribution in [0.1, 0.15) is 12.0 Å². The fourth-order valence-corrected chi connectivity index (χ4v) is 3.67. The molecule has 118 valence electrons. The molecule has 1 aliphatic heterocycles. The Morgan fingerprint density at radius 3 is 2.86 bits per heavy atom. The van der Waals surface area contributed by atoms with Crippen molar-refractivity contribution >= 4 is 53.3 Å². The van der Waals surface area contributed by atoms with Crippen molar-refractivity contribution < 1.29 is 4.79 Å². The zero-order chi connectivity index (χ0) is 14.5. The Kier molecular flexibility index (Phi) is 8.21. The highest BCUT2D eigenvalue weighted by Crippen LogP contribution is 2.24. The number of nitrogens with one attached hydrogen (secondary N) is 1. The Balaban J connectivity index is 0.00000220. The number of benzene rings is 1. The highest BCUT2D eigenvalue weighted by molar-refractivity contribution is 7.99. The summed E-state index contributed by atoms with van der Waals surface area (Å²) in [5.41, 5.74) is 1.01. The molecule has 1 N–H and O–H groups in total. The molecular formula is C14H19Cl3N2OS. The van der Waals surface area contributed by atoms with Crippen molar-refractivity contribution in [2.45, 2.75) is 18.2 Å². The highest BCUT2D eigenvalue weighted by atomic mass is 35.5. The first kappa shape index (κ1) is 18.9. The zero-order valence-electron chi connectivity index (χ0n) is 11.8. The van der Waals surface area contributed by atoms with Crippen molar-refractivity contribution in [2.75, 3.05) is 25.9 Å². The molecule has 1 atom stereocenters. The number of amides is 1. The SMILES string of the molecule is CN(C(=O)CSCc1ccc(Cl)cc1Cl)C1CCNC1.Cl. The second kappa shape index (κ2) is 9.11. The topological polar surface area (TPSA) is 32.3 Å². The summed E-state index contributed by atoms with van der Waals surface area (Å²) in [5.74, 6) is 1.37. The summed E-state index contributed by atoms with van der Waals surface area (Å²) in [6.45, 7) is 1.89. The van der Waals surface area contributed by atoms with Crippen molar-refractivity contribution in [1.29, 1.82) is 0 Å². The van der Waals surface area contributed by atoms with Gasteiger partial charge in [0.25, 0.3) is 0 Å². The Morgan fingerprint density at radius 2 is 2.24 bits per heavy atom. The average molecular weight is 370 g/mol. The van der Waals surface area contributed by atoms with Crippen LogP contribution in [0.15, 0.2) is 18.2 Å². The number of thioether (sulfide) groups is 1. The smallest absolute Gasteiger partial charge is 0.232 e. The van der Waals surface area contributed by atoms with E-state index in [9.17, 15) is 4.79 Å². The quantitative estimate of drug-likeness (QED) is 0.862. The van der Waals surface area contributed by atoms with Crippen molar-refractivity contribution in [3.05, 3.63) is 33.8 Å². The van der Waals surface area contributed by atoms with Crippen LogP contribution < -0.4 is 5.32 Å². The van der Waals surface area contributed by atoms with Crippen LogP contribution >= 0.6 is 47.4 Å². The molecule has 0 aliphatic carbocycles. The molecule has 1 heterocycles. The maximum absolute atomic E-state index is 12.1. The molecule has 1 aliphatic rings. The van der Waals surface area contributed by atoms with E-state index in [1.807, 2.05) is 24.1 Å². The largest absolute Gasteiger partial charge is 0.341 e. The second-order valence-electron chi connectivity index (χ2n) is 4.88. The minimum Gasteiger partial charge on any atom is -0.341 e. The van der Waals surface area contributed by atoms with Gasteiger partial charge in [0.1, 0.15) is 0 Å². The van der Waals surface area contributed by atoms with E-state index in [1.165, 1.54) is 0 Å². The Labute approximate surface area is 146 Å². The van der Waals surface area contributed by atoms with Crippen LogP contribution in [0, 0.1) is 0 Å². The van der Waals surface area contributed by atoms with E-state index >= 15 is 0 Å². The van der Waals surface area contributed by atoms with Crippen LogP contribution in [0.5, 0.6) is 0 Å². The van der Waals surface area contributed by atoms with Crippen LogP contribution in [0.4, 0.5) is 0 Å². The third kappa shape index (κ3) is 5.53. The lowest BCUT2D eigenvalue weighted by Crippen LogP contribution is -2.39. The van der Waals surface area contributed by atoms with E-state index in [0.717, 1.165) is 30.8 Å². The number of halogens is 3. The normalized spacial score (nSPS) is 17.4. The van der Waals surface area contributed by atoms with Crippen molar-refractivity contribution in [2.24, 2.45) is 0 Å². The molecule has 21 heavy (non-hydrogen) atoms. The maximum Gasteiger partial charge on any atom is 0.232 e. The van der Waals surface area contributed by atoms with E-state index in [2.05, 4.69) is 5.32 Å². The maximum atomic E-state index is 12.1. The van der Waals surface area contributed by atoms with Crippen LogP contribution in [0.2, 0.25) is 10.0 Å². The Bertz CT molecular complexity index is 481. The minimum absolute atomic E-state index is 0. The fourth-order valence-electron chi connectivity index (χ4n) is 2.16. The standard InChI is InChI=1S/C14H18Cl2N2OS.ClH/c1-18(12-4-5-17-7-12)14(19)9-20-8-10-2-3-11(15)6-13(10)16;/h2-3,6,12,17H,4-5,7-9H2,1H3;1H. The summed E-state index contributed by atoms with van der Waals surface area (Å²) in [4.78, 5) is 13.9. The van der Waals surface area contributed by atoms with Crippen LogP contribution in [0.25, 0.3) is 0 Å². The Hall–Kier alpha value is -0.130. The van der Waals surface area contributed by atoms with Gasteiger partial charge in [-0.05, 0) is 30.7 Å². The van der Waals surface area contributed by atoms with Crippen molar-refractivity contribution in [1.82, 2.24) is 10.2 Å². The first-order chi connectivity index (χ1) is 9.58. The van der Waals surface area contributed by atoms with Gasteiger partial charge in [0.15, 0.2) is 0 Å². The third-order valence-electron chi connectivity index (χ3n) is 3.47. The van der Waals surface area contributed by atoms with Gasteiger partial charge in [-0.3, -0.25) is 4.79 Å². The molecule has 3 nitrogen and oxygen atoms in total. The van der Waals surface area contributed by atoms with E-state index in [4.69, 9.17) is 23.2 Å². The third-order valence-corrected chi connectivity index (χ3v) is 5.03. The monoisotopic (exact) mass is 368 g/mol. The zero-order valence-corrected chi connectivity index (χ0v) is 14.9. The molecule has 0 spiro atoms. The number of rotatable bonds is 5. The number of carbonyl (C=O) groups is 1. The van der Waals surface area contributed by atoms with Gasteiger partial charge >= 0.3 is 0 Å². The molecule has 1 amide bonds. The number of carbonyl (C=O) groups excluding carboxylic acids is 1. The van der Waals surface area contributed by atoms with Gasteiger partial charge in [0.05, 0.1) is 5.75 Å². The molecule has 0 radical (unpaired) electrons. The van der Waals surface area contributed by atoms with Gasteiger partial charge in [-0.25, -0.2) is 0 Å². The van der Waals surface area contributed by atoms with Crippen molar-refractivity contribution in [3.63, 3.8) is 0 Å². The van der Waals surface area contributed by atoms with Gasteiger partial charge in [-0.2, -0.15) is 0 Å². The van der Waals surface area contributed by atoms with Gasteiger partial charge in [-0.15, -0.1) is 24.2 Å². The molecular weight excluding hydrogens is 351 g/mol. The van der Waals surface area contributed by atoms with E-state index in [-0.39, 0.29) is 18.3 Å². The number of nitrogens with zero attached hydrogens (tertiary/aromatic N) is 1. The number of hydrogen-bond acceptors (Lipinski definition) is 3. The van der Waals surface area contributed by atoms with Crippen LogP contribution in [-0.2, 0) is 10.5 Å². The molecule has 1 unspecified atom stereocenters. The Morgan fingerprint density at radius 1 is 1.48 bits per heavy atom. The fraction of sp³-hybridized carbons (Fsp3) is 0.500. The molecule has 1 aromatic carbocycles. The molecule has 0 bridgehead atoms. The first-order valence-corrected chi connectivity index (χ1v) is 8.47. The summed E-state index contributed by atoms with van der Waals surface area (Å²) in [7, 11) is 1.88. The van der Waals surface area contributed by atoms with Crippen LogP contribution in [0.3, 0.4) is 0 Å². The van der Waals surface area contributed by atoms with Gasteiger partial charge in [0.2, 0.25) is 5.91 Å². The first-order valence-electron chi connectivity index (χ1n) is 6.56. The molecule has 1 saturated heterocycles. The summed E-state index contributed by atoms with van der Waals surface area (Å²) in [6, 6.07) is 5.80. The highest BCUT2D eigenvalue weighted by Gasteiger charge is 2.22. The lowest BCUT2D eigenvalue weighted by molar-refractivity contribution is -0.128. The molecule has 1 aromatic rings. The van der Waals surface area contributed by atoms with Crippen LogP contribution in [-0.4, -0.2) is 42.7 Å². The van der Waals surface area contributed by atoms with E-state index in [0.29, 0.717) is 21.8 Å². The number of likely N-dealkylation sites (N-methyl/N-ethyl adjacent to an activating group) is 1. The van der Waals surface area contributed by atoms with E-state index < -0.39 is 0 Å². The molecule has 0 saturated carbocycles. The molecule has 1 fully saturated rings. The predicted molar refractivity (Wildman–Crippen MR) is 93.9 cm³/mol. The molecule has 2 rings (SSSR count). The lowest BCUT2D eigenvalue weighted by atomic mass is 10.2. The average Bonchev–Trinajstić information content (AvgIpc) is 2.94. The summed E-state index contributed by atoms with van der Waals surface area (Å²) in [5, 5.41) is 4.56. The van der Waals surface area contributed by atoms with Gasteiger partial charge < -0.3 is 10.2 Å². The molecule has 0 aromatic heterocycles. The lowest BCUT2D eigenvalue weighted by Gasteiger charge is -2.23. The van der Waals surface area contributed by atoms with Gasteiger partial charge in [0, 0.05) is 35.4 Å². The summed E-state index contributed by atoms with van der Waals surface area (Å²) in [6.07, 6.45) is 1.04. The van der Waals surface area contributed by atoms with E-state index in [1.54, 1.807) is 17.8 Å². The van der Waals surface area contributed by atoms with Gasteiger partial charge in [-0.1, -0.05) is 29.3 Å². The summed E-state index contributed by atoms with van der Waals surface area (Å²) < 4.78 is 0. The van der Waals surface area contributed by atoms with Crippen molar-refractivity contribution in [3.8, 4) is 0 Å². The minimum atomic E-state index is 0. The predicted octanol–water partition coefficient (Wildman–Crippen LogP) is 3.47. The second-order valence-corrected chi connectivity index (χ2v) is 6.71. The summed E-state index contributed by atoms with van der Waals surface area (Å²) >= 11 is 13.5. The number of hydrogen-bond donors (Lipinski definition) is 1. The molecule has 7 heteroatoms.